The fourth-order valence-electron chi connectivity index (χ4n) is 4.00. The SMILES string of the molecule is Cc1ccc(OCCNC(=O)Cn2cnc3sc4c(c3c2=O)CC[C@@H](C)C4)c(C)c1. The summed E-state index contributed by atoms with van der Waals surface area (Å²) in [5.74, 6) is 1.24. The summed E-state index contributed by atoms with van der Waals surface area (Å²) in [6.45, 7) is 7.00. The fraction of sp³-hybridized carbons (Fsp3) is 0.435. The summed E-state index contributed by atoms with van der Waals surface area (Å²) < 4.78 is 7.15. The summed E-state index contributed by atoms with van der Waals surface area (Å²) in [7, 11) is 0. The van der Waals surface area contributed by atoms with Gasteiger partial charge in [0.25, 0.3) is 5.56 Å². The monoisotopic (exact) mass is 425 g/mol. The summed E-state index contributed by atoms with van der Waals surface area (Å²) in [4.78, 5) is 31.8. The minimum absolute atomic E-state index is 0.0354. The Hall–Kier alpha value is -2.67. The quantitative estimate of drug-likeness (QED) is 0.615. The molecule has 7 heteroatoms. The van der Waals surface area contributed by atoms with Gasteiger partial charge in [0.1, 0.15) is 23.7 Å². The lowest BCUT2D eigenvalue weighted by Gasteiger charge is -2.17. The van der Waals surface area contributed by atoms with Gasteiger partial charge in [0.05, 0.1) is 18.3 Å². The predicted octanol–water partition coefficient (Wildman–Crippen LogP) is 3.39. The maximum atomic E-state index is 13.0. The van der Waals surface area contributed by atoms with Gasteiger partial charge in [0, 0.05) is 4.88 Å². The third-order valence-electron chi connectivity index (χ3n) is 5.61. The molecule has 0 aliphatic heterocycles. The number of ether oxygens (including phenoxy) is 1. The number of hydrogen-bond donors (Lipinski definition) is 1. The van der Waals surface area contributed by atoms with Crippen molar-refractivity contribution in [3.8, 4) is 5.75 Å². The van der Waals surface area contributed by atoms with Gasteiger partial charge in [-0.2, -0.15) is 0 Å². The second-order valence-corrected chi connectivity index (χ2v) is 9.26. The second kappa shape index (κ2) is 8.60. The summed E-state index contributed by atoms with van der Waals surface area (Å²) in [5, 5.41) is 3.52. The molecule has 0 unspecified atom stereocenters. The van der Waals surface area contributed by atoms with Crippen molar-refractivity contribution >= 4 is 27.5 Å². The van der Waals surface area contributed by atoms with Gasteiger partial charge in [0.15, 0.2) is 0 Å². The van der Waals surface area contributed by atoms with E-state index in [1.54, 1.807) is 11.3 Å². The van der Waals surface area contributed by atoms with Crippen LogP contribution in [0.2, 0.25) is 0 Å². The molecule has 1 aliphatic rings. The molecule has 0 bridgehead atoms. The molecule has 0 saturated carbocycles. The van der Waals surface area contributed by atoms with E-state index in [0.29, 0.717) is 24.5 Å². The van der Waals surface area contributed by atoms with Crippen molar-refractivity contribution in [3.63, 3.8) is 0 Å². The number of fused-ring (bicyclic) bond motifs is 3. The van der Waals surface area contributed by atoms with Crippen LogP contribution in [0.25, 0.3) is 10.2 Å². The Morgan fingerprint density at radius 3 is 3.00 bits per heavy atom. The molecule has 1 aliphatic carbocycles. The second-order valence-electron chi connectivity index (χ2n) is 8.18. The lowest BCUT2D eigenvalue weighted by atomic mass is 9.89. The van der Waals surface area contributed by atoms with Crippen LogP contribution in [0.5, 0.6) is 5.75 Å². The summed E-state index contributed by atoms with van der Waals surface area (Å²) in [5.41, 5.74) is 3.28. The van der Waals surface area contributed by atoms with E-state index in [0.717, 1.165) is 41.0 Å². The van der Waals surface area contributed by atoms with E-state index in [9.17, 15) is 9.59 Å². The average molecular weight is 426 g/mol. The van der Waals surface area contributed by atoms with Gasteiger partial charge in [-0.15, -0.1) is 11.3 Å². The highest BCUT2D eigenvalue weighted by atomic mass is 32.1. The van der Waals surface area contributed by atoms with Crippen LogP contribution in [0, 0.1) is 19.8 Å². The third-order valence-corrected chi connectivity index (χ3v) is 6.77. The molecule has 1 atom stereocenters. The van der Waals surface area contributed by atoms with Crippen LogP contribution in [0.1, 0.15) is 34.9 Å². The summed E-state index contributed by atoms with van der Waals surface area (Å²) in [6, 6.07) is 6.00. The van der Waals surface area contributed by atoms with Crippen LogP contribution in [0.4, 0.5) is 0 Å². The summed E-state index contributed by atoms with van der Waals surface area (Å²) >= 11 is 1.62. The normalized spacial score (nSPS) is 15.8. The zero-order valence-electron chi connectivity index (χ0n) is 17.7. The van der Waals surface area contributed by atoms with Gasteiger partial charge in [-0.3, -0.25) is 14.2 Å². The topological polar surface area (TPSA) is 73.2 Å². The number of amides is 1. The van der Waals surface area contributed by atoms with E-state index in [2.05, 4.69) is 23.3 Å². The number of nitrogens with zero attached hydrogens (tertiary/aromatic N) is 2. The van der Waals surface area contributed by atoms with Crippen LogP contribution in [-0.4, -0.2) is 28.6 Å². The predicted molar refractivity (Wildman–Crippen MR) is 119 cm³/mol. The number of hydrogen-bond acceptors (Lipinski definition) is 5. The first kappa shape index (κ1) is 20.6. The van der Waals surface area contributed by atoms with Crippen molar-refractivity contribution in [2.24, 2.45) is 5.92 Å². The smallest absolute Gasteiger partial charge is 0.262 e. The van der Waals surface area contributed by atoms with Crippen LogP contribution in [-0.2, 0) is 24.2 Å². The fourth-order valence-corrected chi connectivity index (χ4v) is 5.34. The first-order valence-electron chi connectivity index (χ1n) is 10.4. The number of nitrogens with one attached hydrogen (secondary N) is 1. The molecule has 0 fully saturated rings. The minimum Gasteiger partial charge on any atom is -0.491 e. The molecule has 0 saturated heterocycles. The highest BCUT2D eigenvalue weighted by Crippen LogP contribution is 2.35. The van der Waals surface area contributed by atoms with Crippen LogP contribution < -0.4 is 15.6 Å². The van der Waals surface area contributed by atoms with Crippen molar-refractivity contribution in [1.29, 1.82) is 0 Å². The molecular weight excluding hydrogens is 398 g/mol. The van der Waals surface area contributed by atoms with Crippen molar-refractivity contribution in [3.05, 3.63) is 56.4 Å². The molecule has 4 rings (SSSR count). The van der Waals surface area contributed by atoms with E-state index >= 15 is 0 Å². The molecule has 0 spiro atoms. The number of aromatic nitrogens is 2. The van der Waals surface area contributed by atoms with Crippen LogP contribution in [0.15, 0.2) is 29.3 Å². The first-order chi connectivity index (χ1) is 14.4. The Morgan fingerprint density at radius 1 is 1.37 bits per heavy atom. The van der Waals surface area contributed by atoms with Crippen molar-refractivity contribution in [2.45, 2.75) is 46.6 Å². The van der Waals surface area contributed by atoms with Crippen LogP contribution >= 0.6 is 11.3 Å². The lowest BCUT2D eigenvalue weighted by molar-refractivity contribution is -0.121. The molecular formula is C23H27N3O3S. The van der Waals surface area contributed by atoms with Gasteiger partial charge in [0.2, 0.25) is 5.91 Å². The molecule has 1 N–H and O–H groups in total. The van der Waals surface area contributed by atoms with Crippen LogP contribution in [0.3, 0.4) is 0 Å². The van der Waals surface area contributed by atoms with Gasteiger partial charge >= 0.3 is 0 Å². The van der Waals surface area contributed by atoms with E-state index in [4.69, 9.17) is 4.74 Å². The van der Waals surface area contributed by atoms with Gasteiger partial charge in [-0.1, -0.05) is 24.6 Å². The van der Waals surface area contributed by atoms with E-state index < -0.39 is 0 Å². The van der Waals surface area contributed by atoms with Gasteiger partial charge < -0.3 is 10.1 Å². The third kappa shape index (κ3) is 4.26. The molecule has 2 aromatic heterocycles. The number of aryl methyl sites for hydroxylation is 3. The molecule has 1 amide bonds. The largest absolute Gasteiger partial charge is 0.491 e. The standard InChI is InChI=1S/C23H27N3O3S/c1-14-5-7-18(16(3)10-14)29-9-8-24-20(27)12-26-13-25-22-21(23(26)28)17-6-4-15(2)11-19(17)30-22/h5,7,10,13,15H,4,6,8-9,11-12H2,1-3H3,(H,24,27)/t15-/m1/s1. The van der Waals surface area contributed by atoms with Gasteiger partial charge in [-0.25, -0.2) is 4.98 Å². The van der Waals surface area contributed by atoms with E-state index in [1.807, 2.05) is 26.0 Å². The maximum absolute atomic E-state index is 13.0. The minimum atomic E-state index is -0.222. The highest BCUT2D eigenvalue weighted by molar-refractivity contribution is 7.18. The molecule has 158 valence electrons. The number of carbonyl (C=O) groups excluding carboxylic acids is 1. The maximum Gasteiger partial charge on any atom is 0.262 e. The highest BCUT2D eigenvalue weighted by Gasteiger charge is 2.23. The van der Waals surface area contributed by atoms with Crippen molar-refractivity contribution in [2.75, 3.05) is 13.2 Å². The van der Waals surface area contributed by atoms with Crippen molar-refractivity contribution in [1.82, 2.24) is 14.9 Å². The van der Waals surface area contributed by atoms with Gasteiger partial charge in [-0.05, 0) is 56.2 Å². The first-order valence-corrected chi connectivity index (χ1v) is 11.2. The number of carbonyl (C=O) groups is 1. The Morgan fingerprint density at radius 2 is 2.20 bits per heavy atom. The molecule has 1 aromatic carbocycles. The Kier molecular flexibility index (Phi) is 5.90. The van der Waals surface area contributed by atoms with E-state index in [1.165, 1.54) is 21.3 Å². The average Bonchev–Trinajstić information content (AvgIpc) is 3.07. The number of thiophene rings is 1. The zero-order chi connectivity index (χ0) is 21.3. The molecule has 2 heterocycles. The Balaban J connectivity index is 1.37. The lowest BCUT2D eigenvalue weighted by Crippen LogP contribution is -2.34. The molecule has 30 heavy (non-hydrogen) atoms. The Labute approximate surface area is 179 Å². The molecule has 6 nitrogen and oxygen atoms in total. The summed E-state index contributed by atoms with van der Waals surface area (Å²) in [6.07, 6.45) is 4.51. The molecule has 0 radical (unpaired) electrons. The van der Waals surface area contributed by atoms with E-state index in [-0.39, 0.29) is 18.0 Å². The Bertz CT molecular complexity index is 1150. The number of benzene rings is 1. The molecule has 3 aromatic rings. The van der Waals surface area contributed by atoms with Crippen molar-refractivity contribution < 1.29 is 9.53 Å². The zero-order valence-corrected chi connectivity index (χ0v) is 18.5. The number of rotatable bonds is 6.